The van der Waals surface area contributed by atoms with Crippen LogP contribution in [0.3, 0.4) is 0 Å². The minimum atomic E-state index is -0.256. The zero-order valence-corrected chi connectivity index (χ0v) is 19.4. The summed E-state index contributed by atoms with van der Waals surface area (Å²) >= 11 is 0. The normalized spacial score (nSPS) is 10.6. The number of nitrogens with zero attached hydrogens (tertiary/aromatic N) is 3. The number of hydrogen-bond donors (Lipinski definition) is 2. The van der Waals surface area contributed by atoms with Gasteiger partial charge in [0.1, 0.15) is 11.5 Å². The SMILES string of the molecule is COc1cccc(CNc2nc(NCc3cccc(OC)c3)n(C(=O)c3ccccc3C)n2)c1. The minimum absolute atomic E-state index is 0.256. The molecule has 3 aromatic carbocycles. The van der Waals surface area contributed by atoms with Crippen molar-refractivity contribution >= 4 is 17.8 Å². The third kappa shape index (κ3) is 5.35. The van der Waals surface area contributed by atoms with Crippen LogP contribution in [0.5, 0.6) is 11.5 Å². The average Bonchev–Trinajstić information content (AvgIpc) is 3.29. The molecule has 0 aliphatic carbocycles. The highest BCUT2D eigenvalue weighted by Gasteiger charge is 2.19. The van der Waals surface area contributed by atoms with E-state index in [2.05, 4.69) is 20.7 Å². The molecule has 1 heterocycles. The maximum atomic E-state index is 13.3. The van der Waals surface area contributed by atoms with Crippen LogP contribution in [0.1, 0.15) is 27.0 Å². The maximum Gasteiger partial charge on any atom is 0.281 e. The fourth-order valence-corrected chi connectivity index (χ4v) is 3.50. The molecule has 0 saturated carbocycles. The molecule has 0 spiro atoms. The number of benzene rings is 3. The molecule has 0 amide bonds. The third-order valence-electron chi connectivity index (χ3n) is 5.34. The van der Waals surface area contributed by atoms with Crippen molar-refractivity contribution in [2.75, 3.05) is 24.9 Å². The summed E-state index contributed by atoms with van der Waals surface area (Å²) < 4.78 is 11.9. The molecule has 0 bridgehead atoms. The van der Waals surface area contributed by atoms with Crippen molar-refractivity contribution in [3.8, 4) is 11.5 Å². The molecule has 2 N–H and O–H groups in total. The standard InChI is InChI=1S/C26H27N5O3/c1-18-8-4-5-13-23(18)24(32)31-26(28-17-20-10-7-12-22(15-20)34-3)29-25(30-31)27-16-19-9-6-11-21(14-19)33-2/h4-15H,16-17H2,1-3H3,(H2,27,28,29,30). The van der Waals surface area contributed by atoms with Crippen molar-refractivity contribution in [2.24, 2.45) is 0 Å². The summed E-state index contributed by atoms with van der Waals surface area (Å²) in [6.45, 7) is 2.83. The summed E-state index contributed by atoms with van der Waals surface area (Å²) in [6.07, 6.45) is 0. The highest BCUT2D eigenvalue weighted by atomic mass is 16.5. The second-order valence-electron chi connectivity index (χ2n) is 7.70. The summed E-state index contributed by atoms with van der Waals surface area (Å²) in [6, 6.07) is 22.8. The molecule has 0 saturated heterocycles. The van der Waals surface area contributed by atoms with E-state index in [9.17, 15) is 4.79 Å². The number of aryl methyl sites for hydroxylation is 1. The number of carbonyl (C=O) groups excluding carboxylic acids is 1. The molecular weight excluding hydrogens is 430 g/mol. The van der Waals surface area contributed by atoms with Gasteiger partial charge in [0.05, 0.1) is 14.2 Å². The first-order valence-electron chi connectivity index (χ1n) is 10.9. The molecule has 174 valence electrons. The average molecular weight is 458 g/mol. The first-order chi connectivity index (χ1) is 16.6. The van der Waals surface area contributed by atoms with Crippen molar-refractivity contribution < 1.29 is 14.3 Å². The van der Waals surface area contributed by atoms with Crippen LogP contribution in [0.15, 0.2) is 72.8 Å². The second-order valence-corrected chi connectivity index (χ2v) is 7.70. The van der Waals surface area contributed by atoms with Crippen LogP contribution in [-0.2, 0) is 13.1 Å². The van der Waals surface area contributed by atoms with E-state index < -0.39 is 0 Å². The van der Waals surface area contributed by atoms with Gasteiger partial charge in [-0.3, -0.25) is 4.79 Å². The molecule has 4 aromatic rings. The van der Waals surface area contributed by atoms with E-state index in [0.717, 1.165) is 28.2 Å². The quantitative estimate of drug-likeness (QED) is 0.382. The van der Waals surface area contributed by atoms with E-state index in [4.69, 9.17) is 9.47 Å². The van der Waals surface area contributed by atoms with Gasteiger partial charge in [-0.15, -0.1) is 5.10 Å². The van der Waals surface area contributed by atoms with Crippen molar-refractivity contribution in [3.05, 3.63) is 95.1 Å². The Labute approximate surface area is 198 Å². The van der Waals surface area contributed by atoms with Crippen molar-refractivity contribution in [1.82, 2.24) is 14.8 Å². The summed E-state index contributed by atoms with van der Waals surface area (Å²) in [5, 5.41) is 10.9. The fourth-order valence-electron chi connectivity index (χ4n) is 3.50. The zero-order valence-electron chi connectivity index (χ0n) is 19.4. The Morgan fingerprint density at radius 3 is 2.09 bits per heavy atom. The minimum Gasteiger partial charge on any atom is -0.497 e. The van der Waals surface area contributed by atoms with Crippen LogP contribution in [-0.4, -0.2) is 34.9 Å². The molecule has 8 nitrogen and oxygen atoms in total. The molecule has 8 heteroatoms. The van der Waals surface area contributed by atoms with Gasteiger partial charge in [-0.2, -0.15) is 9.67 Å². The van der Waals surface area contributed by atoms with Gasteiger partial charge in [-0.25, -0.2) is 0 Å². The van der Waals surface area contributed by atoms with Crippen LogP contribution in [0.2, 0.25) is 0 Å². The topological polar surface area (TPSA) is 90.3 Å². The van der Waals surface area contributed by atoms with Gasteiger partial charge in [0.25, 0.3) is 5.91 Å². The number of aromatic nitrogens is 3. The highest BCUT2D eigenvalue weighted by molar-refractivity contribution is 5.98. The van der Waals surface area contributed by atoms with Crippen molar-refractivity contribution in [2.45, 2.75) is 20.0 Å². The molecule has 1 aromatic heterocycles. The molecule has 0 aliphatic rings. The Hall–Kier alpha value is -4.33. The first-order valence-corrected chi connectivity index (χ1v) is 10.9. The molecule has 0 unspecified atom stereocenters. The monoisotopic (exact) mass is 457 g/mol. The van der Waals surface area contributed by atoms with E-state index in [1.807, 2.05) is 73.7 Å². The first kappa shape index (κ1) is 22.8. The number of rotatable bonds is 9. The molecule has 34 heavy (non-hydrogen) atoms. The van der Waals surface area contributed by atoms with Gasteiger partial charge < -0.3 is 20.1 Å². The number of hydrogen-bond acceptors (Lipinski definition) is 7. The second kappa shape index (κ2) is 10.5. The summed E-state index contributed by atoms with van der Waals surface area (Å²) in [5.74, 6) is 1.97. The summed E-state index contributed by atoms with van der Waals surface area (Å²) in [5.41, 5.74) is 3.43. The maximum absolute atomic E-state index is 13.3. The Morgan fingerprint density at radius 1 is 0.853 bits per heavy atom. The Morgan fingerprint density at radius 2 is 1.47 bits per heavy atom. The van der Waals surface area contributed by atoms with Crippen LogP contribution in [0, 0.1) is 6.92 Å². The Bertz CT molecular complexity index is 1280. The fraction of sp³-hybridized carbons (Fsp3) is 0.192. The van der Waals surface area contributed by atoms with Gasteiger partial charge in [0.2, 0.25) is 11.9 Å². The van der Waals surface area contributed by atoms with E-state index in [1.165, 1.54) is 4.68 Å². The van der Waals surface area contributed by atoms with Crippen LogP contribution >= 0.6 is 0 Å². The molecular formula is C26H27N5O3. The van der Waals surface area contributed by atoms with Crippen LogP contribution in [0.4, 0.5) is 11.9 Å². The smallest absolute Gasteiger partial charge is 0.281 e. The lowest BCUT2D eigenvalue weighted by atomic mass is 10.1. The summed E-state index contributed by atoms with van der Waals surface area (Å²) in [4.78, 5) is 17.9. The Balaban J connectivity index is 1.58. The lowest BCUT2D eigenvalue weighted by Crippen LogP contribution is -2.18. The van der Waals surface area contributed by atoms with E-state index >= 15 is 0 Å². The highest BCUT2D eigenvalue weighted by Crippen LogP contribution is 2.19. The van der Waals surface area contributed by atoms with Crippen molar-refractivity contribution in [3.63, 3.8) is 0 Å². The lowest BCUT2D eigenvalue weighted by molar-refractivity contribution is 0.0947. The van der Waals surface area contributed by atoms with Gasteiger partial charge in [0.15, 0.2) is 0 Å². The summed E-state index contributed by atoms with van der Waals surface area (Å²) in [7, 11) is 3.26. The molecule has 0 fully saturated rings. The molecule has 0 radical (unpaired) electrons. The number of anilines is 2. The third-order valence-corrected chi connectivity index (χ3v) is 5.34. The largest absolute Gasteiger partial charge is 0.497 e. The predicted octanol–water partition coefficient (Wildman–Crippen LogP) is 4.52. The Kier molecular flexibility index (Phi) is 7.07. The van der Waals surface area contributed by atoms with Gasteiger partial charge >= 0.3 is 0 Å². The molecule has 0 aliphatic heterocycles. The van der Waals surface area contributed by atoms with Crippen LogP contribution in [0.25, 0.3) is 0 Å². The predicted molar refractivity (Wildman–Crippen MR) is 132 cm³/mol. The van der Waals surface area contributed by atoms with Gasteiger partial charge in [-0.05, 0) is 53.9 Å². The van der Waals surface area contributed by atoms with Crippen LogP contribution < -0.4 is 20.1 Å². The number of carbonyl (C=O) groups is 1. The molecule has 4 rings (SSSR count). The number of methoxy groups -OCH3 is 2. The van der Waals surface area contributed by atoms with E-state index in [-0.39, 0.29) is 5.91 Å². The van der Waals surface area contributed by atoms with Gasteiger partial charge in [0, 0.05) is 18.7 Å². The van der Waals surface area contributed by atoms with E-state index in [0.29, 0.717) is 30.5 Å². The number of nitrogens with one attached hydrogen (secondary N) is 2. The van der Waals surface area contributed by atoms with E-state index in [1.54, 1.807) is 20.3 Å². The lowest BCUT2D eigenvalue weighted by Gasteiger charge is -2.09. The zero-order chi connectivity index (χ0) is 23.9. The molecule has 0 atom stereocenters. The number of ether oxygens (including phenoxy) is 2. The van der Waals surface area contributed by atoms with Crippen molar-refractivity contribution in [1.29, 1.82) is 0 Å². The van der Waals surface area contributed by atoms with Gasteiger partial charge in [-0.1, -0.05) is 42.5 Å².